The number of aromatic nitrogens is 1. The van der Waals surface area contributed by atoms with E-state index in [9.17, 15) is 0 Å². The van der Waals surface area contributed by atoms with Crippen LogP contribution in [0.3, 0.4) is 0 Å². The molecule has 2 aliphatic heterocycles. The molecule has 1 atom stereocenters. The van der Waals surface area contributed by atoms with Crippen LogP contribution in [0.25, 0.3) is 10.9 Å². The summed E-state index contributed by atoms with van der Waals surface area (Å²) >= 11 is 0. The molecule has 3 heteroatoms. The zero-order valence-corrected chi connectivity index (χ0v) is 9.17. The Bertz CT molecular complexity index is 658. The van der Waals surface area contributed by atoms with Crippen molar-refractivity contribution in [3.63, 3.8) is 0 Å². The topological polar surface area (TPSA) is 28.2 Å². The zero-order chi connectivity index (χ0) is 11.2. The molecule has 0 bridgehead atoms. The predicted octanol–water partition coefficient (Wildman–Crippen LogP) is 2.88. The maximum Gasteiger partial charge on any atom is 0.152 e. The van der Waals surface area contributed by atoms with Crippen molar-refractivity contribution in [1.29, 1.82) is 0 Å². The molecule has 2 aliphatic rings. The fourth-order valence-corrected chi connectivity index (χ4v) is 2.39. The van der Waals surface area contributed by atoms with Crippen LogP contribution in [0, 0.1) is 0 Å². The van der Waals surface area contributed by atoms with Gasteiger partial charge < -0.3 is 10.2 Å². The van der Waals surface area contributed by atoms with Crippen molar-refractivity contribution in [2.24, 2.45) is 0 Å². The van der Waals surface area contributed by atoms with E-state index in [1.807, 2.05) is 24.3 Å². The van der Waals surface area contributed by atoms with Crippen molar-refractivity contribution in [1.82, 2.24) is 4.98 Å². The van der Waals surface area contributed by atoms with Crippen LogP contribution >= 0.6 is 0 Å². The van der Waals surface area contributed by atoms with E-state index in [0.717, 1.165) is 17.0 Å². The number of hydrogen-bond acceptors (Lipinski definition) is 3. The van der Waals surface area contributed by atoms with Gasteiger partial charge in [-0.25, -0.2) is 4.98 Å². The van der Waals surface area contributed by atoms with Crippen LogP contribution in [-0.4, -0.2) is 11.1 Å². The number of anilines is 2. The lowest BCUT2D eigenvalue weighted by molar-refractivity contribution is 0.906. The molecule has 4 rings (SSSR count). The monoisotopic (exact) mass is 221 g/mol. The number of pyridine rings is 1. The minimum Gasteiger partial charge on any atom is -0.345 e. The summed E-state index contributed by atoms with van der Waals surface area (Å²) in [7, 11) is 0. The lowest BCUT2D eigenvalue weighted by Crippen LogP contribution is -2.30. The highest BCUT2D eigenvalue weighted by atomic mass is 15.3. The van der Waals surface area contributed by atoms with E-state index >= 15 is 0 Å². The summed E-state index contributed by atoms with van der Waals surface area (Å²) in [5.41, 5.74) is 2.18. The molecule has 1 aromatic heterocycles. The van der Waals surface area contributed by atoms with Gasteiger partial charge in [-0.2, -0.15) is 0 Å². The van der Waals surface area contributed by atoms with Crippen LogP contribution in [0.4, 0.5) is 11.5 Å². The summed E-state index contributed by atoms with van der Waals surface area (Å²) in [6, 6.07) is 10.4. The Hall–Kier alpha value is -2.29. The fraction of sp³-hybridized carbons (Fsp3) is 0.0714. The fourth-order valence-electron chi connectivity index (χ4n) is 2.39. The molecular weight excluding hydrogens is 210 g/mol. The van der Waals surface area contributed by atoms with Crippen LogP contribution in [0.5, 0.6) is 0 Å². The number of benzene rings is 1. The first-order chi connectivity index (χ1) is 8.42. The maximum absolute atomic E-state index is 4.66. The van der Waals surface area contributed by atoms with E-state index in [4.69, 9.17) is 0 Å². The van der Waals surface area contributed by atoms with Crippen LogP contribution < -0.4 is 10.2 Å². The Morgan fingerprint density at radius 2 is 2.12 bits per heavy atom. The third-order valence-electron chi connectivity index (χ3n) is 3.22. The van der Waals surface area contributed by atoms with Gasteiger partial charge in [-0.1, -0.05) is 24.3 Å². The standard InChI is InChI=1S/C14H11N3/c1-2-6-11-10(5-1)9-12-14(15-11)16-13-7-3-4-8-17(12)13/h1-9,13H,(H,15,16). The molecule has 0 radical (unpaired) electrons. The number of fused-ring (bicyclic) bond motifs is 4. The Morgan fingerprint density at radius 3 is 3.12 bits per heavy atom. The molecule has 1 N–H and O–H groups in total. The van der Waals surface area contributed by atoms with Crippen LogP contribution in [0.1, 0.15) is 0 Å². The van der Waals surface area contributed by atoms with Gasteiger partial charge in [0.2, 0.25) is 0 Å². The molecule has 0 saturated carbocycles. The first-order valence-electron chi connectivity index (χ1n) is 5.71. The summed E-state index contributed by atoms with van der Waals surface area (Å²) in [5, 5.41) is 4.58. The normalized spacial score (nSPS) is 20.2. The molecule has 0 aliphatic carbocycles. The number of nitrogens with zero attached hydrogens (tertiary/aromatic N) is 2. The zero-order valence-electron chi connectivity index (χ0n) is 9.17. The van der Waals surface area contributed by atoms with Crippen LogP contribution in [-0.2, 0) is 0 Å². The van der Waals surface area contributed by atoms with Crippen LogP contribution in [0.2, 0.25) is 0 Å². The highest BCUT2D eigenvalue weighted by Gasteiger charge is 2.27. The number of nitrogens with one attached hydrogen (secondary N) is 1. The predicted molar refractivity (Wildman–Crippen MR) is 69.9 cm³/mol. The molecule has 3 heterocycles. The average molecular weight is 221 g/mol. The first-order valence-corrected chi connectivity index (χ1v) is 5.71. The summed E-state index contributed by atoms with van der Waals surface area (Å²) < 4.78 is 0. The molecule has 0 amide bonds. The minimum atomic E-state index is 0.208. The minimum absolute atomic E-state index is 0.208. The van der Waals surface area contributed by atoms with E-state index in [0.29, 0.717) is 0 Å². The smallest absolute Gasteiger partial charge is 0.152 e. The number of hydrogen-bond donors (Lipinski definition) is 1. The van der Waals surface area contributed by atoms with Gasteiger partial charge in [-0.3, -0.25) is 0 Å². The Kier molecular flexibility index (Phi) is 1.61. The van der Waals surface area contributed by atoms with Gasteiger partial charge in [-0.15, -0.1) is 0 Å². The molecule has 1 unspecified atom stereocenters. The molecule has 1 aromatic carbocycles. The Morgan fingerprint density at radius 1 is 1.18 bits per heavy atom. The molecule has 82 valence electrons. The quantitative estimate of drug-likeness (QED) is 0.741. The van der Waals surface area contributed by atoms with Crippen molar-refractivity contribution in [3.8, 4) is 0 Å². The van der Waals surface area contributed by atoms with Crippen molar-refractivity contribution in [2.45, 2.75) is 6.17 Å². The van der Waals surface area contributed by atoms with E-state index in [2.05, 4.69) is 45.7 Å². The average Bonchev–Trinajstić information content (AvgIpc) is 2.73. The van der Waals surface area contributed by atoms with Gasteiger partial charge in [0.25, 0.3) is 0 Å². The summed E-state index contributed by atoms with van der Waals surface area (Å²) in [4.78, 5) is 6.86. The molecule has 2 aromatic rings. The van der Waals surface area contributed by atoms with Crippen molar-refractivity contribution in [3.05, 3.63) is 54.8 Å². The van der Waals surface area contributed by atoms with Crippen molar-refractivity contribution < 1.29 is 0 Å². The molecule has 17 heavy (non-hydrogen) atoms. The maximum atomic E-state index is 4.66. The molecule has 3 nitrogen and oxygen atoms in total. The highest BCUT2D eigenvalue weighted by Crippen LogP contribution is 2.36. The second-order valence-corrected chi connectivity index (χ2v) is 4.27. The SMILES string of the molecule is C1=CC2Nc3nc4ccccc4cc3N2C=C1. The largest absolute Gasteiger partial charge is 0.345 e. The number of rotatable bonds is 0. The first kappa shape index (κ1) is 8.82. The van der Waals surface area contributed by atoms with Gasteiger partial charge in [0.05, 0.1) is 11.2 Å². The second kappa shape index (κ2) is 3.10. The van der Waals surface area contributed by atoms with E-state index in [1.54, 1.807) is 0 Å². The van der Waals surface area contributed by atoms with Crippen molar-refractivity contribution in [2.75, 3.05) is 10.2 Å². The van der Waals surface area contributed by atoms with Gasteiger partial charge >= 0.3 is 0 Å². The van der Waals surface area contributed by atoms with Gasteiger partial charge in [0, 0.05) is 11.6 Å². The van der Waals surface area contributed by atoms with E-state index in [-0.39, 0.29) is 6.17 Å². The number of allylic oxidation sites excluding steroid dienone is 2. The van der Waals surface area contributed by atoms with Gasteiger partial charge in [-0.05, 0) is 24.3 Å². The molecule has 0 spiro atoms. The summed E-state index contributed by atoms with van der Waals surface area (Å²) in [6.45, 7) is 0. The third-order valence-corrected chi connectivity index (χ3v) is 3.22. The highest BCUT2D eigenvalue weighted by molar-refractivity contribution is 5.89. The number of para-hydroxylation sites is 1. The van der Waals surface area contributed by atoms with Crippen LogP contribution in [0.15, 0.2) is 54.8 Å². The molecule has 0 saturated heterocycles. The summed E-state index contributed by atoms with van der Waals surface area (Å²) in [6.07, 6.45) is 8.52. The van der Waals surface area contributed by atoms with Gasteiger partial charge in [0.1, 0.15) is 6.17 Å². The summed E-state index contributed by atoms with van der Waals surface area (Å²) in [5.74, 6) is 0.963. The lowest BCUT2D eigenvalue weighted by Gasteiger charge is -2.21. The molecular formula is C14H11N3. The third kappa shape index (κ3) is 1.19. The van der Waals surface area contributed by atoms with E-state index in [1.165, 1.54) is 5.39 Å². The lowest BCUT2D eigenvalue weighted by atomic mass is 10.2. The molecule has 0 fully saturated rings. The Balaban J connectivity index is 1.96. The van der Waals surface area contributed by atoms with Crippen molar-refractivity contribution >= 4 is 22.4 Å². The second-order valence-electron chi connectivity index (χ2n) is 4.27. The van der Waals surface area contributed by atoms with E-state index < -0.39 is 0 Å². The van der Waals surface area contributed by atoms with Gasteiger partial charge in [0.15, 0.2) is 5.82 Å². The Labute approximate surface area is 99.1 Å².